The first-order valence-electron chi connectivity index (χ1n) is 7.49. The average Bonchev–Trinajstić information content (AvgIpc) is 2.56. The van der Waals surface area contributed by atoms with Crippen molar-refractivity contribution < 1.29 is 14.3 Å². The van der Waals surface area contributed by atoms with Gasteiger partial charge in [0.05, 0.1) is 6.61 Å². The molecule has 0 aliphatic carbocycles. The van der Waals surface area contributed by atoms with E-state index >= 15 is 0 Å². The number of nitrogens with one attached hydrogen (secondary N) is 2. The number of benzene rings is 2. The maximum atomic E-state index is 12.1. The SMILES string of the molecule is CCOc1ccc(C(=O)NC(C)C(=O)Nc2ccccc2)cc1. The number of carbonyl (C=O) groups excluding carboxylic acids is 2. The maximum Gasteiger partial charge on any atom is 0.251 e. The zero-order chi connectivity index (χ0) is 16.7. The van der Waals surface area contributed by atoms with Crippen molar-refractivity contribution in [2.75, 3.05) is 11.9 Å². The van der Waals surface area contributed by atoms with Gasteiger partial charge >= 0.3 is 0 Å². The van der Waals surface area contributed by atoms with Crippen LogP contribution >= 0.6 is 0 Å². The maximum absolute atomic E-state index is 12.1. The van der Waals surface area contributed by atoms with Crippen LogP contribution in [0.3, 0.4) is 0 Å². The molecule has 0 spiro atoms. The van der Waals surface area contributed by atoms with E-state index in [0.29, 0.717) is 23.6 Å². The van der Waals surface area contributed by atoms with Crippen molar-refractivity contribution in [1.29, 1.82) is 0 Å². The Labute approximate surface area is 135 Å². The van der Waals surface area contributed by atoms with Crippen molar-refractivity contribution in [3.05, 3.63) is 60.2 Å². The van der Waals surface area contributed by atoms with Gasteiger partial charge in [0.15, 0.2) is 0 Å². The Morgan fingerprint density at radius 3 is 2.30 bits per heavy atom. The van der Waals surface area contributed by atoms with E-state index in [4.69, 9.17) is 4.74 Å². The Kier molecular flexibility index (Phi) is 5.74. The molecule has 2 amide bonds. The van der Waals surface area contributed by atoms with Crippen LogP contribution in [0.5, 0.6) is 5.75 Å². The highest BCUT2D eigenvalue weighted by molar-refractivity contribution is 6.00. The molecule has 0 aliphatic rings. The summed E-state index contributed by atoms with van der Waals surface area (Å²) in [7, 11) is 0. The zero-order valence-corrected chi connectivity index (χ0v) is 13.2. The van der Waals surface area contributed by atoms with Crippen molar-refractivity contribution >= 4 is 17.5 Å². The molecule has 0 saturated carbocycles. The first-order chi connectivity index (χ1) is 11.1. The van der Waals surface area contributed by atoms with Crippen LogP contribution in [0.1, 0.15) is 24.2 Å². The molecule has 5 heteroatoms. The lowest BCUT2D eigenvalue weighted by Crippen LogP contribution is -2.41. The summed E-state index contributed by atoms with van der Waals surface area (Å²) >= 11 is 0. The molecule has 0 aliphatic heterocycles. The topological polar surface area (TPSA) is 67.4 Å². The lowest BCUT2D eigenvalue weighted by atomic mass is 10.2. The van der Waals surface area contributed by atoms with Gasteiger partial charge in [-0.1, -0.05) is 18.2 Å². The molecule has 0 saturated heterocycles. The van der Waals surface area contributed by atoms with Gasteiger partial charge in [0.25, 0.3) is 5.91 Å². The highest BCUT2D eigenvalue weighted by Gasteiger charge is 2.16. The highest BCUT2D eigenvalue weighted by Crippen LogP contribution is 2.12. The monoisotopic (exact) mass is 312 g/mol. The number of carbonyl (C=O) groups is 2. The summed E-state index contributed by atoms with van der Waals surface area (Å²) in [6.07, 6.45) is 0. The van der Waals surface area contributed by atoms with E-state index in [1.165, 1.54) is 0 Å². The number of hydrogen-bond donors (Lipinski definition) is 2. The third-order valence-electron chi connectivity index (χ3n) is 3.21. The van der Waals surface area contributed by atoms with Crippen molar-refractivity contribution in [3.63, 3.8) is 0 Å². The summed E-state index contributed by atoms with van der Waals surface area (Å²) in [5.41, 5.74) is 1.17. The second kappa shape index (κ2) is 7.98. The second-order valence-electron chi connectivity index (χ2n) is 5.01. The summed E-state index contributed by atoms with van der Waals surface area (Å²) in [6.45, 7) is 4.11. The lowest BCUT2D eigenvalue weighted by molar-refractivity contribution is -0.117. The first-order valence-corrected chi connectivity index (χ1v) is 7.49. The molecule has 0 radical (unpaired) electrons. The predicted molar refractivity (Wildman–Crippen MR) is 89.6 cm³/mol. The minimum atomic E-state index is -0.644. The van der Waals surface area contributed by atoms with Gasteiger partial charge in [-0.05, 0) is 50.2 Å². The van der Waals surface area contributed by atoms with Gasteiger partial charge in [0.1, 0.15) is 11.8 Å². The van der Waals surface area contributed by atoms with Crippen LogP contribution < -0.4 is 15.4 Å². The van der Waals surface area contributed by atoms with Gasteiger partial charge in [-0.15, -0.1) is 0 Å². The molecule has 2 N–H and O–H groups in total. The molecule has 1 atom stereocenters. The van der Waals surface area contributed by atoms with E-state index in [-0.39, 0.29) is 11.8 Å². The fourth-order valence-corrected chi connectivity index (χ4v) is 1.99. The lowest BCUT2D eigenvalue weighted by Gasteiger charge is -2.14. The van der Waals surface area contributed by atoms with Crippen LogP contribution in [0.15, 0.2) is 54.6 Å². The molecule has 2 rings (SSSR count). The van der Waals surface area contributed by atoms with Crippen molar-refractivity contribution in [2.45, 2.75) is 19.9 Å². The summed E-state index contributed by atoms with van der Waals surface area (Å²) in [5.74, 6) is 0.137. The fraction of sp³-hybridized carbons (Fsp3) is 0.222. The molecule has 0 bridgehead atoms. The number of para-hydroxylation sites is 1. The molecule has 23 heavy (non-hydrogen) atoms. The second-order valence-corrected chi connectivity index (χ2v) is 5.01. The van der Waals surface area contributed by atoms with E-state index in [9.17, 15) is 9.59 Å². The minimum absolute atomic E-state index is 0.268. The average molecular weight is 312 g/mol. The van der Waals surface area contributed by atoms with Gasteiger partial charge in [0.2, 0.25) is 5.91 Å². The number of hydrogen-bond acceptors (Lipinski definition) is 3. The van der Waals surface area contributed by atoms with Gasteiger partial charge in [-0.3, -0.25) is 9.59 Å². The van der Waals surface area contributed by atoms with Gasteiger partial charge in [0, 0.05) is 11.3 Å². The first kappa shape index (κ1) is 16.5. The molecule has 2 aromatic carbocycles. The molecular weight excluding hydrogens is 292 g/mol. The standard InChI is InChI=1S/C18H20N2O3/c1-3-23-16-11-9-14(10-12-16)18(22)19-13(2)17(21)20-15-7-5-4-6-8-15/h4-13H,3H2,1-2H3,(H,19,22)(H,20,21). The Morgan fingerprint density at radius 1 is 1.04 bits per heavy atom. The van der Waals surface area contributed by atoms with Gasteiger partial charge in [-0.2, -0.15) is 0 Å². The molecule has 1 unspecified atom stereocenters. The van der Waals surface area contributed by atoms with Crippen LogP contribution in [0.25, 0.3) is 0 Å². The molecule has 120 valence electrons. The molecule has 0 aromatic heterocycles. The van der Waals surface area contributed by atoms with Crippen molar-refractivity contribution in [1.82, 2.24) is 5.32 Å². The Balaban J connectivity index is 1.92. The Morgan fingerprint density at radius 2 is 1.70 bits per heavy atom. The summed E-state index contributed by atoms with van der Waals surface area (Å²) in [6, 6.07) is 15.3. The van der Waals surface area contributed by atoms with E-state index in [1.54, 1.807) is 43.3 Å². The fourth-order valence-electron chi connectivity index (χ4n) is 1.99. The van der Waals surface area contributed by atoms with Crippen LogP contribution in [0.2, 0.25) is 0 Å². The normalized spacial score (nSPS) is 11.4. The molecule has 0 heterocycles. The quantitative estimate of drug-likeness (QED) is 0.862. The van der Waals surface area contributed by atoms with E-state index in [1.807, 2.05) is 25.1 Å². The van der Waals surface area contributed by atoms with E-state index in [0.717, 1.165) is 0 Å². The smallest absolute Gasteiger partial charge is 0.251 e. The van der Waals surface area contributed by atoms with Crippen LogP contribution in [0, 0.1) is 0 Å². The molecule has 0 fully saturated rings. The van der Waals surface area contributed by atoms with E-state index in [2.05, 4.69) is 10.6 Å². The highest BCUT2D eigenvalue weighted by atomic mass is 16.5. The number of rotatable bonds is 6. The Bertz CT molecular complexity index is 654. The summed E-state index contributed by atoms with van der Waals surface area (Å²) in [4.78, 5) is 24.2. The molecular formula is C18H20N2O3. The third kappa shape index (κ3) is 4.85. The predicted octanol–water partition coefficient (Wildman–Crippen LogP) is 2.84. The summed E-state index contributed by atoms with van der Waals surface area (Å²) in [5, 5.41) is 5.43. The van der Waals surface area contributed by atoms with Crippen molar-refractivity contribution in [2.24, 2.45) is 0 Å². The zero-order valence-electron chi connectivity index (χ0n) is 13.2. The number of amides is 2. The van der Waals surface area contributed by atoms with Crippen molar-refractivity contribution in [3.8, 4) is 5.75 Å². The number of anilines is 1. The van der Waals surface area contributed by atoms with E-state index < -0.39 is 6.04 Å². The van der Waals surface area contributed by atoms with Gasteiger partial charge in [-0.25, -0.2) is 0 Å². The Hall–Kier alpha value is -2.82. The van der Waals surface area contributed by atoms with Crippen LogP contribution in [-0.4, -0.2) is 24.5 Å². The van der Waals surface area contributed by atoms with Gasteiger partial charge < -0.3 is 15.4 Å². The van der Waals surface area contributed by atoms with Crippen LogP contribution in [-0.2, 0) is 4.79 Å². The minimum Gasteiger partial charge on any atom is -0.494 e. The molecule has 2 aromatic rings. The third-order valence-corrected chi connectivity index (χ3v) is 3.21. The summed E-state index contributed by atoms with van der Waals surface area (Å²) < 4.78 is 5.33. The molecule has 5 nitrogen and oxygen atoms in total. The van der Waals surface area contributed by atoms with Crippen LogP contribution in [0.4, 0.5) is 5.69 Å². The largest absolute Gasteiger partial charge is 0.494 e. The number of ether oxygens (including phenoxy) is 1.